The van der Waals surface area contributed by atoms with Gasteiger partial charge in [0.05, 0.1) is 23.5 Å². The number of hydrogen-bond donors (Lipinski definition) is 1. The van der Waals surface area contributed by atoms with Crippen molar-refractivity contribution in [1.29, 1.82) is 0 Å². The second-order valence-corrected chi connectivity index (χ2v) is 8.75. The summed E-state index contributed by atoms with van der Waals surface area (Å²) in [5.41, 5.74) is 1.01. The molecule has 2 aromatic rings. The van der Waals surface area contributed by atoms with Crippen molar-refractivity contribution in [3.63, 3.8) is 0 Å². The Morgan fingerprint density at radius 3 is 2.19 bits per heavy atom. The van der Waals surface area contributed by atoms with E-state index in [0.29, 0.717) is 18.8 Å². The standard InChI is InChI=1S/C22H26F3N3OS.ClH/c23-22(24,25)17-6-7-21-19(16-17)28(18-4-1-2-5-20(18)30-21)9-3-8-26-10-12-27(13-11-26)14-15-29;/h1-2,4-7,16,29H,3,8-15H2;1H. The molecule has 2 aromatic carbocycles. The molecule has 170 valence electrons. The quantitative estimate of drug-likeness (QED) is 0.685. The van der Waals surface area contributed by atoms with E-state index < -0.39 is 11.7 Å². The van der Waals surface area contributed by atoms with Crippen LogP contribution in [-0.4, -0.2) is 67.3 Å². The van der Waals surface area contributed by atoms with Crippen molar-refractivity contribution in [3.05, 3.63) is 48.0 Å². The van der Waals surface area contributed by atoms with Gasteiger partial charge in [-0.05, 0) is 43.3 Å². The number of β-amino-alcohol motifs (C(OH)–C–C–N with tert-alkyl or cyclic N) is 1. The van der Waals surface area contributed by atoms with E-state index in [1.165, 1.54) is 23.9 Å². The van der Waals surface area contributed by atoms with Gasteiger partial charge >= 0.3 is 7.60 Å². The molecule has 0 spiro atoms. The smallest absolute Gasteiger partial charge is 1.00 e. The van der Waals surface area contributed by atoms with E-state index in [1.54, 1.807) is 6.07 Å². The molecule has 9 heteroatoms. The number of piperazine rings is 1. The molecule has 0 unspecified atom stereocenters. The van der Waals surface area contributed by atoms with Crippen LogP contribution in [0.5, 0.6) is 0 Å². The zero-order valence-electron chi connectivity index (χ0n) is 18.1. The highest BCUT2D eigenvalue weighted by molar-refractivity contribution is 7.99. The number of hydrogen-bond acceptors (Lipinski definition) is 5. The number of aliphatic hydroxyl groups excluding tert-OH is 1. The summed E-state index contributed by atoms with van der Waals surface area (Å²) in [5.74, 6) is 0. The van der Waals surface area contributed by atoms with Gasteiger partial charge in [-0.25, -0.2) is 0 Å². The average Bonchev–Trinajstić information content (AvgIpc) is 2.73. The van der Waals surface area contributed by atoms with Gasteiger partial charge in [-0.1, -0.05) is 23.9 Å². The lowest BCUT2D eigenvalue weighted by molar-refractivity contribution is -0.137. The molecule has 0 saturated carbocycles. The topological polar surface area (TPSA) is 30.0 Å². The van der Waals surface area contributed by atoms with E-state index in [9.17, 15) is 13.2 Å². The number of para-hydroxylation sites is 1. The summed E-state index contributed by atoms with van der Waals surface area (Å²) in [4.78, 5) is 8.62. The molecule has 1 saturated heterocycles. The van der Waals surface area contributed by atoms with E-state index in [4.69, 9.17) is 5.11 Å². The first-order valence-corrected chi connectivity index (χ1v) is 11.1. The SMILES string of the molecule is OCCN1CCN(CCCN2c3ccccc3Sc3ccc(C(F)(F)F)cc32)CC1.[Cl-].[H+]. The van der Waals surface area contributed by atoms with E-state index in [1.807, 2.05) is 29.2 Å². The highest BCUT2D eigenvalue weighted by Gasteiger charge is 2.33. The maximum Gasteiger partial charge on any atom is 1.00 e. The molecule has 0 aromatic heterocycles. The van der Waals surface area contributed by atoms with Crippen LogP contribution in [0.1, 0.15) is 13.4 Å². The Hall–Kier alpha value is -1.45. The maximum atomic E-state index is 13.3. The van der Waals surface area contributed by atoms with Crippen molar-refractivity contribution in [2.45, 2.75) is 22.4 Å². The van der Waals surface area contributed by atoms with Gasteiger partial charge in [0.25, 0.3) is 0 Å². The molecule has 2 aliphatic rings. The second kappa shape index (κ2) is 10.4. The minimum Gasteiger partial charge on any atom is -1.00 e. The van der Waals surface area contributed by atoms with Crippen LogP contribution in [0.25, 0.3) is 0 Å². The normalized spacial score (nSPS) is 17.1. The van der Waals surface area contributed by atoms with Crippen molar-refractivity contribution < 1.29 is 32.1 Å². The third kappa shape index (κ3) is 5.68. The molecule has 0 atom stereocenters. The molecule has 0 bridgehead atoms. The van der Waals surface area contributed by atoms with Gasteiger partial charge in [0, 0.05) is 49.1 Å². The minimum absolute atomic E-state index is 0. The molecular formula is C22H27ClF3N3OS. The number of fused-ring (bicyclic) bond motifs is 2. The predicted molar refractivity (Wildman–Crippen MR) is 115 cm³/mol. The molecule has 2 aliphatic heterocycles. The van der Waals surface area contributed by atoms with Crippen molar-refractivity contribution in [1.82, 2.24) is 9.80 Å². The van der Waals surface area contributed by atoms with Gasteiger partial charge in [0.1, 0.15) is 0 Å². The molecule has 1 N–H and O–H groups in total. The lowest BCUT2D eigenvalue weighted by Gasteiger charge is -2.36. The highest BCUT2D eigenvalue weighted by atomic mass is 35.5. The maximum absolute atomic E-state index is 13.3. The van der Waals surface area contributed by atoms with Crippen molar-refractivity contribution in [2.75, 3.05) is 57.3 Å². The Morgan fingerprint density at radius 2 is 1.52 bits per heavy atom. The van der Waals surface area contributed by atoms with Gasteiger partial charge in [-0.15, -0.1) is 0 Å². The third-order valence-corrected chi connectivity index (χ3v) is 6.82. The Kier molecular flexibility index (Phi) is 8.15. The van der Waals surface area contributed by atoms with Gasteiger partial charge in [0.15, 0.2) is 0 Å². The summed E-state index contributed by atoms with van der Waals surface area (Å²) < 4.78 is 39.9. The van der Waals surface area contributed by atoms with E-state index in [2.05, 4.69) is 9.80 Å². The molecule has 2 heterocycles. The molecule has 1 fully saturated rings. The number of benzene rings is 2. The van der Waals surface area contributed by atoms with Gasteiger partial charge < -0.3 is 27.3 Å². The molecule has 4 rings (SSSR count). The second-order valence-electron chi connectivity index (χ2n) is 7.66. The Morgan fingerprint density at radius 1 is 0.871 bits per heavy atom. The number of alkyl halides is 3. The minimum atomic E-state index is -4.35. The monoisotopic (exact) mass is 473 g/mol. The van der Waals surface area contributed by atoms with Crippen LogP contribution in [0.15, 0.2) is 52.3 Å². The van der Waals surface area contributed by atoms with E-state index in [-0.39, 0.29) is 20.4 Å². The van der Waals surface area contributed by atoms with Crippen molar-refractivity contribution in [2.24, 2.45) is 0 Å². The van der Waals surface area contributed by atoms with Gasteiger partial charge in [0.2, 0.25) is 0 Å². The predicted octanol–water partition coefficient (Wildman–Crippen LogP) is 1.42. The first kappa shape index (κ1) is 24.2. The number of nitrogens with zero attached hydrogens (tertiary/aromatic N) is 3. The summed E-state index contributed by atoms with van der Waals surface area (Å²) in [6.45, 7) is 6.29. The Bertz CT molecular complexity index is 882. The first-order valence-electron chi connectivity index (χ1n) is 10.3. The zero-order chi connectivity index (χ0) is 21.1. The number of rotatable bonds is 6. The Labute approximate surface area is 192 Å². The van der Waals surface area contributed by atoms with Crippen LogP contribution < -0.4 is 17.3 Å². The van der Waals surface area contributed by atoms with Crippen molar-refractivity contribution >= 4 is 23.1 Å². The van der Waals surface area contributed by atoms with Gasteiger partial charge in [-0.2, -0.15) is 13.2 Å². The fourth-order valence-corrected chi connectivity index (χ4v) is 5.15. The number of aliphatic hydroxyl groups is 1. The van der Waals surface area contributed by atoms with Crippen LogP contribution in [0.4, 0.5) is 24.5 Å². The molecular weight excluding hydrogens is 447 g/mol. The first-order chi connectivity index (χ1) is 14.5. The highest BCUT2D eigenvalue weighted by Crippen LogP contribution is 2.49. The number of halogens is 4. The summed E-state index contributed by atoms with van der Waals surface area (Å²) >= 11 is 1.53. The summed E-state index contributed by atoms with van der Waals surface area (Å²) in [7, 11) is 0. The molecule has 0 aliphatic carbocycles. The van der Waals surface area contributed by atoms with Crippen molar-refractivity contribution in [3.8, 4) is 0 Å². The largest absolute Gasteiger partial charge is 1.00 e. The molecule has 0 amide bonds. The fourth-order valence-electron chi connectivity index (χ4n) is 4.08. The fraction of sp³-hybridized carbons (Fsp3) is 0.455. The lowest BCUT2D eigenvalue weighted by atomic mass is 10.1. The van der Waals surface area contributed by atoms with Crippen LogP contribution in [0.2, 0.25) is 0 Å². The Balaban J connectivity index is 0.00000181. The van der Waals surface area contributed by atoms with Crippen LogP contribution >= 0.6 is 11.8 Å². The summed E-state index contributed by atoms with van der Waals surface area (Å²) in [6, 6.07) is 11.9. The van der Waals surface area contributed by atoms with Gasteiger partial charge in [-0.3, -0.25) is 4.90 Å². The van der Waals surface area contributed by atoms with E-state index >= 15 is 0 Å². The molecule has 0 radical (unpaired) electrons. The third-order valence-electron chi connectivity index (χ3n) is 5.69. The van der Waals surface area contributed by atoms with Crippen LogP contribution in [0, 0.1) is 0 Å². The molecule has 31 heavy (non-hydrogen) atoms. The zero-order valence-corrected chi connectivity index (χ0v) is 18.7. The molecule has 4 nitrogen and oxygen atoms in total. The number of anilines is 2. The van der Waals surface area contributed by atoms with E-state index in [0.717, 1.165) is 54.6 Å². The van der Waals surface area contributed by atoms with Crippen LogP contribution in [0.3, 0.4) is 0 Å². The summed E-state index contributed by atoms with van der Waals surface area (Å²) in [6.07, 6.45) is -3.48. The lowest BCUT2D eigenvalue weighted by Crippen LogP contribution is -3.00. The van der Waals surface area contributed by atoms with Crippen LogP contribution in [-0.2, 0) is 6.18 Å². The average molecular weight is 474 g/mol. The summed E-state index contributed by atoms with van der Waals surface area (Å²) in [5, 5.41) is 9.07.